The summed E-state index contributed by atoms with van der Waals surface area (Å²) in [5.74, 6) is -2.61. The number of aliphatic carboxylic acids is 1. The molecule has 30 heavy (non-hydrogen) atoms. The van der Waals surface area contributed by atoms with E-state index in [1.54, 1.807) is 24.3 Å². The van der Waals surface area contributed by atoms with Crippen molar-refractivity contribution in [3.63, 3.8) is 0 Å². The molecule has 1 aromatic heterocycles. The van der Waals surface area contributed by atoms with Crippen molar-refractivity contribution in [3.8, 4) is 11.3 Å². The van der Waals surface area contributed by atoms with E-state index in [0.717, 1.165) is 11.8 Å². The van der Waals surface area contributed by atoms with Crippen LogP contribution in [0.3, 0.4) is 0 Å². The third-order valence-corrected chi connectivity index (χ3v) is 6.24. The van der Waals surface area contributed by atoms with Crippen LogP contribution in [-0.2, 0) is 14.4 Å². The number of carboxylic acids is 1. The summed E-state index contributed by atoms with van der Waals surface area (Å²) < 4.78 is 5.68. The Morgan fingerprint density at radius 2 is 2.00 bits per heavy atom. The third kappa shape index (κ3) is 4.65. The molecule has 8 nitrogen and oxygen atoms in total. The molecule has 156 valence electrons. The van der Waals surface area contributed by atoms with E-state index in [2.05, 4.69) is 0 Å². The van der Waals surface area contributed by atoms with Crippen LogP contribution in [0.1, 0.15) is 12.2 Å². The highest BCUT2D eigenvalue weighted by atomic mass is 32.2. The van der Waals surface area contributed by atoms with E-state index >= 15 is 0 Å². The SMILES string of the molecule is CSCCC(C(=O)O)C1C(=O)SC(=Cc2ccc(-c3ccc([N+](=O)[O-])cc3)o2)C1=O. The van der Waals surface area contributed by atoms with Gasteiger partial charge in [0.2, 0.25) is 5.12 Å². The van der Waals surface area contributed by atoms with Crippen molar-refractivity contribution in [3.05, 3.63) is 57.2 Å². The van der Waals surface area contributed by atoms with E-state index < -0.39 is 33.6 Å². The Kier molecular flexibility index (Phi) is 6.78. The van der Waals surface area contributed by atoms with Gasteiger partial charge in [-0.15, -0.1) is 0 Å². The number of Topliss-reactive ketones (excluding diaryl/α,β-unsaturated/α-hetero) is 1. The van der Waals surface area contributed by atoms with Crippen molar-refractivity contribution in [1.29, 1.82) is 0 Å². The Bertz CT molecular complexity index is 1030. The largest absolute Gasteiger partial charge is 0.481 e. The number of nitrogens with zero attached hydrogens (tertiary/aromatic N) is 1. The number of nitro groups is 1. The van der Waals surface area contributed by atoms with Gasteiger partial charge in [0.25, 0.3) is 5.69 Å². The third-order valence-electron chi connectivity index (χ3n) is 4.61. The normalized spacial score (nSPS) is 18.7. The number of hydrogen-bond acceptors (Lipinski definition) is 8. The molecule has 1 fully saturated rings. The molecule has 1 saturated heterocycles. The molecule has 0 aliphatic carbocycles. The fraction of sp³-hybridized carbons (Fsp3) is 0.250. The minimum Gasteiger partial charge on any atom is -0.481 e. The van der Waals surface area contributed by atoms with Crippen LogP contribution in [0, 0.1) is 22.0 Å². The molecule has 2 unspecified atom stereocenters. The first kappa shape index (κ1) is 21.8. The molecule has 0 radical (unpaired) electrons. The van der Waals surface area contributed by atoms with Gasteiger partial charge in [0.1, 0.15) is 17.4 Å². The lowest BCUT2D eigenvalue weighted by atomic mass is 9.87. The second-order valence-electron chi connectivity index (χ2n) is 6.50. The smallest absolute Gasteiger partial charge is 0.307 e. The number of allylic oxidation sites excluding steroid dienone is 1. The number of non-ortho nitro benzene ring substituents is 1. The van der Waals surface area contributed by atoms with E-state index in [0.29, 0.717) is 22.8 Å². The number of carboxylic acid groups (broad SMARTS) is 1. The molecular weight excluding hydrogens is 430 g/mol. The molecule has 0 spiro atoms. The fourth-order valence-electron chi connectivity index (χ4n) is 3.07. The van der Waals surface area contributed by atoms with E-state index in [1.165, 1.54) is 30.0 Å². The maximum absolute atomic E-state index is 12.7. The summed E-state index contributed by atoms with van der Waals surface area (Å²) in [4.78, 5) is 47.0. The Morgan fingerprint density at radius 1 is 1.30 bits per heavy atom. The quantitative estimate of drug-likeness (QED) is 0.275. The van der Waals surface area contributed by atoms with Crippen molar-refractivity contribution in [2.24, 2.45) is 11.8 Å². The molecule has 2 aromatic rings. The lowest BCUT2D eigenvalue weighted by Gasteiger charge is -2.15. The highest BCUT2D eigenvalue weighted by molar-refractivity contribution is 8.18. The van der Waals surface area contributed by atoms with Gasteiger partial charge in [-0.2, -0.15) is 11.8 Å². The van der Waals surface area contributed by atoms with Gasteiger partial charge in [-0.1, -0.05) is 0 Å². The van der Waals surface area contributed by atoms with Crippen molar-refractivity contribution >= 4 is 52.2 Å². The maximum atomic E-state index is 12.7. The molecule has 3 rings (SSSR count). The van der Waals surface area contributed by atoms with Gasteiger partial charge in [0.15, 0.2) is 5.78 Å². The average molecular weight is 447 g/mol. The van der Waals surface area contributed by atoms with Gasteiger partial charge >= 0.3 is 5.97 Å². The van der Waals surface area contributed by atoms with E-state index in [-0.39, 0.29) is 17.0 Å². The molecule has 10 heteroatoms. The monoisotopic (exact) mass is 447 g/mol. The standard InChI is InChI=1S/C20H17NO7S2/c1-29-9-8-14(19(23)24)17-18(22)16(30-20(17)25)10-13-6-7-15(28-13)11-2-4-12(5-3-11)21(26)27/h2-7,10,14,17H,8-9H2,1H3,(H,23,24). The van der Waals surface area contributed by atoms with Crippen LogP contribution in [0.5, 0.6) is 0 Å². The number of benzene rings is 1. The predicted molar refractivity (Wildman–Crippen MR) is 114 cm³/mol. The van der Waals surface area contributed by atoms with Crippen LogP contribution in [0.25, 0.3) is 17.4 Å². The van der Waals surface area contributed by atoms with Crippen molar-refractivity contribution in [2.45, 2.75) is 6.42 Å². The minimum atomic E-state index is -1.20. The first-order valence-electron chi connectivity index (χ1n) is 8.86. The number of furan rings is 1. The first-order chi connectivity index (χ1) is 14.3. The molecule has 0 amide bonds. The zero-order chi connectivity index (χ0) is 21.8. The summed E-state index contributed by atoms with van der Waals surface area (Å²) in [6.45, 7) is 0. The van der Waals surface area contributed by atoms with Crippen molar-refractivity contribution in [1.82, 2.24) is 0 Å². The van der Waals surface area contributed by atoms with Crippen LogP contribution >= 0.6 is 23.5 Å². The van der Waals surface area contributed by atoms with Crippen LogP contribution in [0.15, 0.2) is 45.7 Å². The fourth-order valence-corrected chi connectivity index (χ4v) is 4.58. The lowest BCUT2D eigenvalue weighted by molar-refractivity contribution is -0.384. The second kappa shape index (κ2) is 9.31. The first-order valence-corrected chi connectivity index (χ1v) is 11.1. The number of thioether (sulfide) groups is 2. The number of hydrogen-bond donors (Lipinski definition) is 1. The van der Waals surface area contributed by atoms with Gasteiger partial charge in [0, 0.05) is 17.7 Å². The second-order valence-corrected chi connectivity index (χ2v) is 8.54. The molecule has 1 aliphatic rings. The van der Waals surface area contributed by atoms with Gasteiger partial charge in [-0.25, -0.2) is 0 Å². The Balaban J connectivity index is 1.80. The number of ketones is 1. The van der Waals surface area contributed by atoms with Gasteiger partial charge in [-0.3, -0.25) is 24.5 Å². The molecule has 1 N–H and O–H groups in total. The number of rotatable bonds is 8. The Hall–Kier alpha value is -2.85. The molecule has 1 aromatic carbocycles. The summed E-state index contributed by atoms with van der Waals surface area (Å²) in [5.41, 5.74) is 0.576. The van der Waals surface area contributed by atoms with E-state index in [9.17, 15) is 29.6 Å². The molecule has 2 atom stereocenters. The van der Waals surface area contributed by atoms with Crippen LogP contribution in [-0.4, -0.2) is 38.9 Å². The van der Waals surface area contributed by atoms with E-state index in [1.807, 2.05) is 6.26 Å². The van der Waals surface area contributed by atoms with Crippen LogP contribution in [0.2, 0.25) is 0 Å². The van der Waals surface area contributed by atoms with Crippen LogP contribution in [0.4, 0.5) is 5.69 Å². The highest BCUT2D eigenvalue weighted by Crippen LogP contribution is 2.40. The molecule has 2 heterocycles. The Morgan fingerprint density at radius 3 is 2.60 bits per heavy atom. The predicted octanol–water partition coefficient (Wildman–Crippen LogP) is 4.11. The van der Waals surface area contributed by atoms with Crippen LogP contribution < -0.4 is 0 Å². The average Bonchev–Trinajstić information content (AvgIpc) is 3.28. The highest BCUT2D eigenvalue weighted by Gasteiger charge is 2.46. The number of nitro benzene ring substituents is 1. The number of carbonyl (C=O) groups excluding carboxylic acids is 2. The molecule has 0 bridgehead atoms. The molecular formula is C20H17NO7S2. The maximum Gasteiger partial charge on any atom is 0.307 e. The summed E-state index contributed by atoms with van der Waals surface area (Å²) in [5, 5.41) is 19.7. The topological polar surface area (TPSA) is 128 Å². The summed E-state index contributed by atoms with van der Waals surface area (Å²) in [6, 6.07) is 9.07. The van der Waals surface area contributed by atoms with Gasteiger partial charge < -0.3 is 9.52 Å². The summed E-state index contributed by atoms with van der Waals surface area (Å²) in [6.07, 6.45) is 3.49. The van der Waals surface area contributed by atoms with Gasteiger partial charge in [0.05, 0.1) is 15.7 Å². The zero-order valence-corrected chi connectivity index (χ0v) is 17.4. The van der Waals surface area contributed by atoms with Crippen molar-refractivity contribution in [2.75, 3.05) is 12.0 Å². The number of carbonyl (C=O) groups is 3. The Labute approximate surface area is 179 Å². The minimum absolute atomic E-state index is 0.0420. The lowest BCUT2D eigenvalue weighted by Crippen LogP contribution is -2.31. The summed E-state index contributed by atoms with van der Waals surface area (Å²) in [7, 11) is 0. The van der Waals surface area contributed by atoms with E-state index in [4.69, 9.17) is 4.42 Å². The van der Waals surface area contributed by atoms with Gasteiger partial charge in [-0.05, 0) is 60.5 Å². The molecule has 1 aliphatic heterocycles. The summed E-state index contributed by atoms with van der Waals surface area (Å²) >= 11 is 2.19. The zero-order valence-electron chi connectivity index (χ0n) is 15.8. The van der Waals surface area contributed by atoms with Crippen molar-refractivity contribution < 1.29 is 28.8 Å². The molecule has 0 saturated carbocycles.